The van der Waals surface area contributed by atoms with Gasteiger partial charge in [-0.05, 0) is 30.2 Å². The van der Waals surface area contributed by atoms with Gasteiger partial charge in [0.15, 0.2) is 5.76 Å². The quantitative estimate of drug-likeness (QED) is 0.672. The molecule has 7 nitrogen and oxygen atoms in total. The number of rotatable bonds is 7. The van der Waals surface area contributed by atoms with Gasteiger partial charge in [0, 0.05) is 18.3 Å². The molecule has 0 radical (unpaired) electrons. The van der Waals surface area contributed by atoms with Crippen molar-refractivity contribution >= 4 is 11.8 Å². The highest BCUT2D eigenvalue weighted by molar-refractivity contribution is 5.95. The molecule has 3 rings (SSSR count). The van der Waals surface area contributed by atoms with Crippen LogP contribution in [0.4, 0.5) is 0 Å². The molecule has 2 aromatic heterocycles. The summed E-state index contributed by atoms with van der Waals surface area (Å²) >= 11 is 0. The number of nitrogens with zero attached hydrogens (tertiary/aromatic N) is 2. The first kappa shape index (κ1) is 18.4. The number of para-hydroxylation sites is 1. The molecule has 0 aliphatic rings. The second kappa shape index (κ2) is 8.35. The number of amides is 2. The number of benzene rings is 1. The largest absolute Gasteiger partial charge is 0.459 e. The van der Waals surface area contributed by atoms with E-state index >= 15 is 0 Å². The lowest BCUT2D eigenvalue weighted by atomic mass is 10.0. The molecule has 0 bridgehead atoms. The lowest BCUT2D eigenvalue weighted by molar-refractivity contribution is -0.124. The molecule has 27 heavy (non-hydrogen) atoms. The Morgan fingerprint density at radius 3 is 2.59 bits per heavy atom. The van der Waals surface area contributed by atoms with Gasteiger partial charge >= 0.3 is 0 Å². The average molecular weight is 366 g/mol. The van der Waals surface area contributed by atoms with Crippen molar-refractivity contribution in [2.24, 2.45) is 5.92 Å². The molecule has 0 aliphatic carbocycles. The standard InChI is InChI=1S/C20H22N4O3/c1-14(2)18(23-19(25)17-9-6-10-27-17)20(26)21-11-15-12-22-24(13-15)16-7-4-3-5-8-16/h3-10,12-14,18H,11H2,1-2H3,(H,21,26)(H,23,25). The molecule has 1 unspecified atom stereocenters. The maximum Gasteiger partial charge on any atom is 0.287 e. The Morgan fingerprint density at radius 1 is 1.15 bits per heavy atom. The summed E-state index contributed by atoms with van der Waals surface area (Å²) in [6.45, 7) is 4.08. The number of furan rings is 1. The second-order valence-corrected chi connectivity index (χ2v) is 6.52. The lowest BCUT2D eigenvalue weighted by Crippen LogP contribution is -2.49. The topological polar surface area (TPSA) is 89.2 Å². The molecule has 1 atom stereocenters. The van der Waals surface area contributed by atoms with Crippen LogP contribution in [0.15, 0.2) is 65.5 Å². The van der Waals surface area contributed by atoms with E-state index in [4.69, 9.17) is 4.42 Å². The Kier molecular flexibility index (Phi) is 5.71. The number of hydrogen-bond acceptors (Lipinski definition) is 4. The molecule has 2 N–H and O–H groups in total. The Hall–Kier alpha value is -3.35. The van der Waals surface area contributed by atoms with Crippen LogP contribution < -0.4 is 10.6 Å². The minimum absolute atomic E-state index is 0.0732. The number of aromatic nitrogens is 2. The van der Waals surface area contributed by atoms with E-state index in [2.05, 4.69) is 15.7 Å². The lowest BCUT2D eigenvalue weighted by Gasteiger charge is -2.21. The van der Waals surface area contributed by atoms with Gasteiger partial charge in [-0.25, -0.2) is 4.68 Å². The van der Waals surface area contributed by atoms with Crippen molar-refractivity contribution in [3.63, 3.8) is 0 Å². The molecule has 2 heterocycles. The molecule has 0 fully saturated rings. The van der Waals surface area contributed by atoms with Crippen LogP contribution in [0.25, 0.3) is 5.69 Å². The van der Waals surface area contributed by atoms with Gasteiger partial charge in [0.2, 0.25) is 5.91 Å². The zero-order chi connectivity index (χ0) is 19.2. The molecular weight excluding hydrogens is 344 g/mol. The zero-order valence-corrected chi connectivity index (χ0v) is 15.3. The second-order valence-electron chi connectivity index (χ2n) is 6.52. The normalized spacial score (nSPS) is 12.0. The molecule has 1 aromatic carbocycles. The third kappa shape index (κ3) is 4.63. The minimum atomic E-state index is -0.660. The summed E-state index contributed by atoms with van der Waals surface area (Å²) in [6, 6.07) is 12.2. The van der Waals surface area contributed by atoms with Crippen LogP contribution in [0.3, 0.4) is 0 Å². The molecule has 2 amide bonds. The van der Waals surface area contributed by atoms with Crippen molar-refractivity contribution in [2.45, 2.75) is 26.4 Å². The van der Waals surface area contributed by atoms with Crippen molar-refractivity contribution in [2.75, 3.05) is 0 Å². The highest BCUT2D eigenvalue weighted by Crippen LogP contribution is 2.09. The summed E-state index contributed by atoms with van der Waals surface area (Å²) in [7, 11) is 0. The third-order valence-corrected chi connectivity index (χ3v) is 4.10. The summed E-state index contributed by atoms with van der Waals surface area (Å²) in [6.07, 6.45) is 4.99. The summed E-state index contributed by atoms with van der Waals surface area (Å²) in [5.74, 6) is -0.559. The Balaban J connectivity index is 1.60. The summed E-state index contributed by atoms with van der Waals surface area (Å²) < 4.78 is 6.83. The van der Waals surface area contributed by atoms with Gasteiger partial charge in [-0.15, -0.1) is 0 Å². The van der Waals surface area contributed by atoms with E-state index in [0.717, 1.165) is 11.3 Å². The van der Waals surface area contributed by atoms with Crippen LogP contribution in [0.5, 0.6) is 0 Å². The Bertz CT molecular complexity index is 885. The van der Waals surface area contributed by atoms with E-state index in [1.807, 2.05) is 50.4 Å². The number of carbonyl (C=O) groups is 2. The fourth-order valence-corrected chi connectivity index (χ4v) is 2.63. The number of carbonyl (C=O) groups excluding carboxylic acids is 2. The predicted octanol–water partition coefficient (Wildman–Crippen LogP) is 2.54. The SMILES string of the molecule is CC(C)C(NC(=O)c1ccco1)C(=O)NCc1cnn(-c2ccccc2)c1. The molecule has 3 aromatic rings. The summed E-state index contributed by atoms with van der Waals surface area (Å²) in [5.41, 5.74) is 1.81. The minimum Gasteiger partial charge on any atom is -0.459 e. The monoisotopic (exact) mass is 366 g/mol. The van der Waals surface area contributed by atoms with E-state index in [-0.39, 0.29) is 17.6 Å². The van der Waals surface area contributed by atoms with E-state index in [1.54, 1.807) is 23.0 Å². The summed E-state index contributed by atoms with van der Waals surface area (Å²) in [5, 5.41) is 9.89. The van der Waals surface area contributed by atoms with Gasteiger partial charge < -0.3 is 15.1 Å². The zero-order valence-electron chi connectivity index (χ0n) is 15.3. The van der Waals surface area contributed by atoms with Crippen LogP contribution >= 0.6 is 0 Å². The first-order valence-corrected chi connectivity index (χ1v) is 8.75. The van der Waals surface area contributed by atoms with Crippen molar-refractivity contribution in [1.82, 2.24) is 20.4 Å². The van der Waals surface area contributed by atoms with Gasteiger partial charge in [-0.2, -0.15) is 5.10 Å². The fourth-order valence-electron chi connectivity index (χ4n) is 2.63. The van der Waals surface area contributed by atoms with Crippen LogP contribution in [0.2, 0.25) is 0 Å². The van der Waals surface area contributed by atoms with Crippen LogP contribution in [-0.2, 0) is 11.3 Å². The maximum absolute atomic E-state index is 12.6. The highest BCUT2D eigenvalue weighted by atomic mass is 16.3. The average Bonchev–Trinajstić information content (AvgIpc) is 3.36. The van der Waals surface area contributed by atoms with Gasteiger partial charge in [-0.1, -0.05) is 32.0 Å². The van der Waals surface area contributed by atoms with E-state index < -0.39 is 11.9 Å². The first-order chi connectivity index (χ1) is 13.0. The Morgan fingerprint density at radius 2 is 1.93 bits per heavy atom. The highest BCUT2D eigenvalue weighted by Gasteiger charge is 2.25. The maximum atomic E-state index is 12.6. The van der Waals surface area contributed by atoms with Gasteiger partial charge in [0.25, 0.3) is 5.91 Å². The molecule has 0 saturated heterocycles. The summed E-state index contributed by atoms with van der Waals surface area (Å²) in [4.78, 5) is 24.7. The number of hydrogen-bond donors (Lipinski definition) is 2. The molecule has 140 valence electrons. The molecular formula is C20H22N4O3. The van der Waals surface area contributed by atoms with Crippen molar-refractivity contribution < 1.29 is 14.0 Å². The molecule has 0 aliphatic heterocycles. The fraction of sp³-hybridized carbons (Fsp3) is 0.250. The van der Waals surface area contributed by atoms with Crippen molar-refractivity contribution in [3.8, 4) is 5.69 Å². The predicted molar refractivity (Wildman–Crippen MR) is 100 cm³/mol. The Labute approximate surface area is 157 Å². The number of nitrogens with one attached hydrogen (secondary N) is 2. The van der Waals surface area contributed by atoms with Crippen molar-refractivity contribution in [1.29, 1.82) is 0 Å². The smallest absolute Gasteiger partial charge is 0.287 e. The van der Waals surface area contributed by atoms with Crippen molar-refractivity contribution in [3.05, 3.63) is 72.4 Å². The molecule has 7 heteroatoms. The van der Waals surface area contributed by atoms with Gasteiger partial charge in [-0.3, -0.25) is 9.59 Å². The molecule has 0 spiro atoms. The van der Waals surface area contributed by atoms with Crippen LogP contribution in [0, 0.1) is 5.92 Å². The van der Waals surface area contributed by atoms with Crippen LogP contribution in [-0.4, -0.2) is 27.6 Å². The van der Waals surface area contributed by atoms with E-state index in [9.17, 15) is 9.59 Å². The van der Waals surface area contributed by atoms with Gasteiger partial charge in [0.1, 0.15) is 6.04 Å². The van der Waals surface area contributed by atoms with Gasteiger partial charge in [0.05, 0.1) is 18.1 Å². The molecule has 0 saturated carbocycles. The first-order valence-electron chi connectivity index (χ1n) is 8.75. The van der Waals surface area contributed by atoms with E-state index in [1.165, 1.54) is 6.26 Å². The van der Waals surface area contributed by atoms with E-state index in [0.29, 0.717) is 6.54 Å². The third-order valence-electron chi connectivity index (χ3n) is 4.10. The van der Waals surface area contributed by atoms with Crippen LogP contribution in [0.1, 0.15) is 30.0 Å².